The summed E-state index contributed by atoms with van der Waals surface area (Å²) >= 11 is 1.69. The third-order valence-corrected chi connectivity index (χ3v) is 3.48. The van der Waals surface area contributed by atoms with Crippen molar-refractivity contribution in [3.05, 3.63) is 6.33 Å². The number of aryl methyl sites for hydroxylation is 1. The van der Waals surface area contributed by atoms with Crippen LogP contribution in [0.15, 0.2) is 11.5 Å². The Morgan fingerprint density at radius 2 is 2.54 bits per heavy atom. The Labute approximate surface area is 81.9 Å². The van der Waals surface area contributed by atoms with Crippen LogP contribution in [0.4, 0.5) is 0 Å². The molecule has 0 spiro atoms. The van der Waals surface area contributed by atoms with E-state index in [9.17, 15) is 0 Å². The summed E-state index contributed by atoms with van der Waals surface area (Å²) in [7, 11) is 1.90. The van der Waals surface area contributed by atoms with Gasteiger partial charge >= 0.3 is 0 Å². The van der Waals surface area contributed by atoms with E-state index < -0.39 is 0 Å². The zero-order valence-corrected chi connectivity index (χ0v) is 8.50. The second-order valence-corrected chi connectivity index (χ2v) is 4.47. The Bertz CT molecular complexity index is 281. The standard InChI is InChI=1S/C8H14N4S/c1-12-8(10-5-11-12)13-4-7(9)6-2-3-6/h5-7H,2-4,9H2,1H3. The molecular weight excluding hydrogens is 184 g/mol. The topological polar surface area (TPSA) is 56.7 Å². The summed E-state index contributed by atoms with van der Waals surface area (Å²) in [5, 5.41) is 4.95. The van der Waals surface area contributed by atoms with Crippen LogP contribution in [0.5, 0.6) is 0 Å². The molecule has 13 heavy (non-hydrogen) atoms. The first-order chi connectivity index (χ1) is 6.27. The number of nitrogens with two attached hydrogens (primary N) is 1. The summed E-state index contributed by atoms with van der Waals surface area (Å²) in [6.45, 7) is 0. The van der Waals surface area contributed by atoms with Gasteiger partial charge in [0.05, 0.1) is 0 Å². The van der Waals surface area contributed by atoms with Crippen molar-refractivity contribution >= 4 is 11.8 Å². The first-order valence-electron chi connectivity index (χ1n) is 4.50. The van der Waals surface area contributed by atoms with Crippen LogP contribution in [0.3, 0.4) is 0 Å². The van der Waals surface area contributed by atoms with Crippen LogP contribution >= 0.6 is 11.8 Å². The molecule has 0 bridgehead atoms. The molecule has 4 nitrogen and oxygen atoms in total. The number of nitrogens with zero attached hydrogens (tertiary/aromatic N) is 3. The third kappa shape index (κ3) is 2.22. The van der Waals surface area contributed by atoms with E-state index in [1.54, 1.807) is 22.8 Å². The Hall–Kier alpha value is -0.550. The van der Waals surface area contributed by atoms with E-state index in [1.165, 1.54) is 12.8 Å². The molecule has 1 aromatic rings. The highest BCUT2D eigenvalue weighted by atomic mass is 32.2. The molecule has 1 aliphatic rings. The fourth-order valence-corrected chi connectivity index (χ4v) is 2.22. The fraction of sp³-hybridized carbons (Fsp3) is 0.750. The second kappa shape index (κ2) is 3.67. The lowest BCUT2D eigenvalue weighted by molar-refractivity contribution is 0.651. The Morgan fingerprint density at radius 1 is 1.77 bits per heavy atom. The molecule has 1 heterocycles. The summed E-state index contributed by atoms with van der Waals surface area (Å²) < 4.78 is 1.78. The summed E-state index contributed by atoms with van der Waals surface area (Å²) in [6.07, 6.45) is 4.19. The molecule has 1 fully saturated rings. The Kier molecular flexibility index (Phi) is 2.55. The van der Waals surface area contributed by atoms with Crippen LogP contribution in [0.1, 0.15) is 12.8 Å². The predicted octanol–water partition coefficient (Wildman–Crippen LogP) is 0.644. The van der Waals surface area contributed by atoms with Crippen molar-refractivity contribution in [3.8, 4) is 0 Å². The molecule has 0 saturated heterocycles. The maximum atomic E-state index is 5.97. The Balaban J connectivity index is 1.81. The van der Waals surface area contributed by atoms with Crippen molar-refractivity contribution in [1.29, 1.82) is 0 Å². The van der Waals surface area contributed by atoms with E-state index in [1.807, 2.05) is 7.05 Å². The molecule has 2 N–H and O–H groups in total. The first kappa shape index (κ1) is 9.02. The van der Waals surface area contributed by atoms with Crippen LogP contribution in [0, 0.1) is 5.92 Å². The number of thioether (sulfide) groups is 1. The third-order valence-electron chi connectivity index (χ3n) is 2.30. The van der Waals surface area contributed by atoms with Crippen LogP contribution in [-0.2, 0) is 7.05 Å². The van der Waals surface area contributed by atoms with E-state index in [-0.39, 0.29) is 0 Å². The summed E-state index contributed by atoms with van der Waals surface area (Å²) in [5.74, 6) is 1.72. The molecule has 1 aromatic heterocycles. The second-order valence-electron chi connectivity index (χ2n) is 3.48. The van der Waals surface area contributed by atoms with Gasteiger partial charge in [0, 0.05) is 18.8 Å². The summed E-state index contributed by atoms with van der Waals surface area (Å²) in [6, 6.07) is 0.335. The van der Waals surface area contributed by atoms with Crippen LogP contribution < -0.4 is 5.73 Å². The van der Waals surface area contributed by atoms with Crippen molar-refractivity contribution in [2.75, 3.05) is 5.75 Å². The highest BCUT2D eigenvalue weighted by Crippen LogP contribution is 2.33. The Morgan fingerprint density at radius 3 is 3.08 bits per heavy atom. The average Bonchev–Trinajstić information content (AvgIpc) is 2.88. The van der Waals surface area contributed by atoms with Gasteiger partial charge in [0.2, 0.25) is 0 Å². The largest absolute Gasteiger partial charge is 0.327 e. The van der Waals surface area contributed by atoms with Gasteiger partial charge in [-0.15, -0.1) is 0 Å². The van der Waals surface area contributed by atoms with E-state index in [4.69, 9.17) is 5.73 Å². The molecule has 0 radical (unpaired) electrons. The molecule has 5 heteroatoms. The van der Waals surface area contributed by atoms with Crippen LogP contribution in [-0.4, -0.2) is 26.6 Å². The van der Waals surface area contributed by atoms with Gasteiger partial charge in [0.1, 0.15) is 6.33 Å². The molecule has 72 valence electrons. The summed E-state index contributed by atoms with van der Waals surface area (Å²) in [4.78, 5) is 4.13. The molecular formula is C8H14N4S. The smallest absolute Gasteiger partial charge is 0.185 e. The normalized spacial score (nSPS) is 18.9. The van der Waals surface area contributed by atoms with Crippen LogP contribution in [0.2, 0.25) is 0 Å². The quantitative estimate of drug-likeness (QED) is 0.721. The van der Waals surface area contributed by atoms with Gasteiger partial charge in [-0.05, 0) is 18.8 Å². The lowest BCUT2D eigenvalue weighted by atomic mass is 10.2. The van der Waals surface area contributed by atoms with E-state index in [0.717, 1.165) is 16.8 Å². The summed E-state index contributed by atoms with van der Waals surface area (Å²) in [5.41, 5.74) is 5.97. The van der Waals surface area contributed by atoms with Gasteiger partial charge in [-0.1, -0.05) is 11.8 Å². The van der Waals surface area contributed by atoms with E-state index >= 15 is 0 Å². The minimum atomic E-state index is 0.335. The molecule has 0 aliphatic heterocycles. The first-order valence-corrected chi connectivity index (χ1v) is 5.48. The maximum absolute atomic E-state index is 5.97. The maximum Gasteiger partial charge on any atom is 0.185 e. The van der Waals surface area contributed by atoms with Gasteiger partial charge in [0.25, 0.3) is 0 Å². The van der Waals surface area contributed by atoms with Crippen molar-refractivity contribution < 1.29 is 0 Å². The number of aromatic nitrogens is 3. The van der Waals surface area contributed by atoms with Gasteiger partial charge in [-0.25, -0.2) is 9.67 Å². The van der Waals surface area contributed by atoms with Crippen LogP contribution in [0.25, 0.3) is 0 Å². The highest BCUT2D eigenvalue weighted by Gasteiger charge is 2.28. The monoisotopic (exact) mass is 198 g/mol. The van der Waals surface area contributed by atoms with Crippen molar-refractivity contribution in [3.63, 3.8) is 0 Å². The predicted molar refractivity (Wildman–Crippen MR) is 52.4 cm³/mol. The van der Waals surface area contributed by atoms with Gasteiger partial charge in [-0.3, -0.25) is 0 Å². The van der Waals surface area contributed by atoms with Crippen molar-refractivity contribution in [2.24, 2.45) is 18.7 Å². The molecule has 1 saturated carbocycles. The molecule has 2 rings (SSSR count). The fourth-order valence-electron chi connectivity index (χ4n) is 1.25. The zero-order chi connectivity index (χ0) is 9.26. The molecule has 0 amide bonds. The lowest BCUT2D eigenvalue weighted by Gasteiger charge is -2.07. The highest BCUT2D eigenvalue weighted by molar-refractivity contribution is 7.99. The minimum Gasteiger partial charge on any atom is -0.327 e. The van der Waals surface area contributed by atoms with E-state index in [0.29, 0.717) is 6.04 Å². The van der Waals surface area contributed by atoms with Gasteiger partial charge < -0.3 is 5.73 Å². The average molecular weight is 198 g/mol. The van der Waals surface area contributed by atoms with Gasteiger partial charge in [-0.2, -0.15) is 5.10 Å². The van der Waals surface area contributed by atoms with E-state index in [2.05, 4.69) is 10.1 Å². The van der Waals surface area contributed by atoms with Crippen molar-refractivity contribution in [1.82, 2.24) is 14.8 Å². The molecule has 0 aromatic carbocycles. The van der Waals surface area contributed by atoms with Gasteiger partial charge in [0.15, 0.2) is 5.16 Å². The number of rotatable bonds is 4. The molecule has 1 unspecified atom stereocenters. The number of hydrogen-bond donors (Lipinski definition) is 1. The van der Waals surface area contributed by atoms with Crippen molar-refractivity contribution in [2.45, 2.75) is 24.0 Å². The molecule has 1 aliphatic carbocycles. The lowest BCUT2D eigenvalue weighted by Crippen LogP contribution is -2.25. The SMILES string of the molecule is Cn1ncnc1SCC(N)C1CC1. The minimum absolute atomic E-state index is 0.335. The number of hydrogen-bond acceptors (Lipinski definition) is 4. The zero-order valence-electron chi connectivity index (χ0n) is 7.68. The molecule has 1 atom stereocenters.